The van der Waals surface area contributed by atoms with Crippen molar-refractivity contribution in [2.45, 2.75) is 19.9 Å². The van der Waals surface area contributed by atoms with Gasteiger partial charge in [-0.25, -0.2) is 9.78 Å². The van der Waals surface area contributed by atoms with Gasteiger partial charge in [0.25, 0.3) is 0 Å². The Morgan fingerprint density at radius 1 is 1.32 bits per heavy atom. The van der Waals surface area contributed by atoms with Crippen molar-refractivity contribution in [1.29, 1.82) is 0 Å². The zero-order chi connectivity index (χ0) is 17.6. The molecule has 0 unspecified atom stereocenters. The number of amides is 2. The van der Waals surface area contributed by atoms with Gasteiger partial charge in [-0.05, 0) is 25.5 Å². The van der Waals surface area contributed by atoms with Crippen molar-refractivity contribution in [3.63, 3.8) is 0 Å². The third kappa shape index (κ3) is 4.03. The van der Waals surface area contributed by atoms with Crippen LogP contribution in [-0.4, -0.2) is 49.3 Å². The molecule has 0 radical (unpaired) electrons. The summed E-state index contributed by atoms with van der Waals surface area (Å²) in [6.07, 6.45) is 7.86. The second-order valence-corrected chi connectivity index (χ2v) is 5.75. The number of pyridine rings is 1. The van der Waals surface area contributed by atoms with Crippen LogP contribution in [0.4, 0.5) is 10.5 Å². The van der Waals surface area contributed by atoms with Crippen LogP contribution in [0.2, 0.25) is 0 Å². The zero-order valence-electron chi connectivity index (χ0n) is 14.3. The average molecular weight is 339 g/mol. The maximum absolute atomic E-state index is 12.4. The minimum Gasteiger partial charge on any atom is -0.335 e. The molecule has 0 saturated carbocycles. The van der Waals surface area contributed by atoms with Crippen LogP contribution in [0.15, 0.2) is 43.0 Å². The molecule has 0 bridgehead atoms. The van der Waals surface area contributed by atoms with E-state index in [4.69, 9.17) is 0 Å². The molecule has 0 fully saturated rings. The smallest absolute Gasteiger partial charge is 0.321 e. The molecular formula is C17H21N7O. The molecule has 0 saturated heterocycles. The van der Waals surface area contributed by atoms with Crippen LogP contribution in [0.3, 0.4) is 0 Å². The Kier molecular flexibility index (Phi) is 5.08. The first-order valence-corrected chi connectivity index (χ1v) is 8.10. The summed E-state index contributed by atoms with van der Waals surface area (Å²) in [4.78, 5) is 22.5. The summed E-state index contributed by atoms with van der Waals surface area (Å²) in [5.74, 6) is 0.977. The Bertz CT molecular complexity index is 824. The van der Waals surface area contributed by atoms with Gasteiger partial charge in [-0.1, -0.05) is 6.07 Å². The number of aromatic nitrogens is 5. The normalized spacial score (nSPS) is 10.6. The van der Waals surface area contributed by atoms with E-state index in [-0.39, 0.29) is 6.03 Å². The van der Waals surface area contributed by atoms with Crippen LogP contribution >= 0.6 is 0 Å². The number of anilines is 1. The van der Waals surface area contributed by atoms with Crippen LogP contribution in [-0.2, 0) is 6.54 Å². The van der Waals surface area contributed by atoms with Crippen LogP contribution in [0, 0.1) is 6.92 Å². The SMILES string of the molecule is Cc1nccn1CCCN(C)C(=O)Nc1cn[nH]c1-c1ccccn1. The summed E-state index contributed by atoms with van der Waals surface area (Å²) in [5, 5.41) is 9.76. The minimum absolute atomic E-state index is 0.180. The van der Waals surface area contributed by atoms with E-state index < -0.39 is 0 Å². The van der Waals surface area contributed by atoms with E-state index in [2.05, 4.69) is 30.0 Å². The predicted molar refractivity (Wildman–Crippen MR) is 95.0 cm³/mol. The number of carbonyl (C=O) groups excluding carboxylic acids is 1. The topological polar surface area (TPSA) is 91.7 Å². The Hall–Kier alpha value is -3.16. The average Bonchev–Trinajstić information content (AvgIpc) is 3.25. The van der Waals surface area contributed by atoms with Crippen LogP contribution in [0.1, 0.15) is 12.2 Å². The largest absolute Gasteiger partial charge is 0.335 e. The number of rotatable bonds is 6. The lowest BCUT2D eigenvalue weighted by atomic mass is 10.2. The van der Waals surface area contributed by atoms with Gasteiger partial charge in [0.05, 0.1) is 17.6 Å². The Labute approximate surface area is 145 Å². The lowest BCUT2D eigenvalue weighted by Gasteiger charge is -2.18. The lowest BCUT2D eigenvalue weighted by molar-refractivity contribution is 0.221. The molecule has 0 atom stereocenters. The molecule has 2 N–H and O–H groups in total. The molecule has 2 amide bonds. The van der Waals surface area contributed by atoms with E-state index >= 15 is 0 Å². The molecule has 3 rings (SSSR count). The summed E-state index contributed by atoms with van der Waals surface area (Å²) < 4.78 is 2.07. The van der Waals surface area contributed by atoms with E-state index in [0.29, 0.717) is 17.9 Å². The number of nitrogens with zero attached hydrogens (tertiary/aromatic N) is 5. The van der Waals surface area contributed by atoms with Crippen molar-refractivity contribution in [2.75, 3.05) is 18.9 Å². The number of H-pyrrole nitrogens is 1. The summed E-state index contributed by atoms with van der Waals surface area (Å²) in [5.41, 5.74) is 2.03. The molecule has 130 valence electrons. The second-order valence-electron chi connectivity index (χ2n) is 5.75. The maximum Gasteiger partial charge on any atom is 0.321 e. The molecule has 0 aliphatic carbocycles. The number of urea groups is 1. The van der Waals surface area contributed by atoms with E-state index in [0.717, 1.165) is 24.5 Å². The molecule has 3 aromatic rings. The highest BCUT2D eigenvalue weighted by Crippen LogP contribution is 2.23. The zero-order valence-corrected chi connectivity index (χ0v) is 14.3. The molecule has 8 heteroatoms. The van der Waals surface area contributed by atoms with Gasteiger partial charge in [-0.2, -0.15) is 5.10 Å². The maximum atomic E-state index is 12.4. The fourth-order valence-electron chi connectivity index (χ4n) is 2.52. The first-order chi connectivity index (χ1) is 12.1. The highest BCUT2D eigenvalue weighted by Gasteiger charge is 2.14. The number of imidazole rings is 1. The third-order valence-corrected chi connectivity index (χ3v) is 3.96. The van der Waals surface area contributed by atoms with Crippen molar-refractivity contribution < 1.29 is 4.79 Å². The molecule has 0 aliphatic heterocycles. The van der Waals surface area contributed by atoms with Crippen molar-refractivity contribution >= 4 is 11.7 Å². The van der Waals surface area contributed by atoms with Gasteiger partial charge in [-0.3, -0.25) is 10.1 Å². The molecule has 0 aromatic carbocycles. The standard InChI is InChI=1S/C17H21N7O/c1-13-18-8-11-24(13)10-5-9-23(2)17(25)21-15-12-20-22-16(15)14-6-3-4-7-19-14/h3-4,6-8,11-12H,5,9-10H2,1-2H3,(H,20,22)(H,21,25). The molecule has 0 aliphatic rings. The minimum atomic E-state index is -0.180. The van der Waals surface area contributed by atoms with Gasteiger partial charge in [0.15, 0.2) is 0 Å². The molecule has 3 heterocycles. The summed E-state index contributed by atoms with van der Waals surface area (Å²) >= 11 is 0. The van der Waals surface area contributed by atoms with Crippen molar-refractivity contribution in [2.24, 2.45) is 0 Å². The fourth-order valence-corrected chi connectivity index (χ4v) is 2.52. The van der Waals surface area contributed by atoms with Crippen molar-refractivity contribution in [3.05, 3.63) is 48.8 Å². The molecular weight excluding hydrogens is 318 g/mol. The Morgan fingerprint density at radius 3 is 2.92 bits per heavy atom. The van der Waals surface area contributed by atoms with E-state index in [1.165, 1.54) is 0 Å². The highest BCUT2D eigenvalue weighted by molar-refractivity contribution is 5.92. The quantitative estimate of drug-likeness (QED) is 0.722. The molecule has 8 nitrogen and oxygen atoms in total. The summed E-state index contributed by atoms with van der Waals surface area (Å²) in [7, 11) is 1.77. The second kappa shape index (κ2) is 7.61. The van der Waals surface area contributed by atoms with Gasteiger partial charge in [0, 0.05) is 38.7 Å². The van der Waals surface area contributed by atoms with Gasteiger partial charge < -0.3 is 14.8 Å². The fraction of sp³-hybridized carbons (Fsp3) is 0.294. The highest BCUT2D eigenvalue weighted by atomic mass is 16.2. The summed E-state index contributed by atoms with van der Waals surface area (Å²) in [6.45, 7) is 3.43. The molecule has 0 spiro atoms. The van der Waals surface area contributed by atoms with Crippen LogP contribution < -0.4 is 5.32 Å². The molecule has 3 aromatic heterocycles. The van der Waals surface area contributed by atoms with Gasteiger partial charge in [0.2, 0.25) is 0 Å². The number of hydrogen-bond acceptors (Lipinski definition) is 4. The first kappa shape index (κ1) is 16.7. The molecule has 25 heavy (non-hydrogen) atoms. The van der Waals surface area contributed by atoms with Crippen LogP contribution in [0.25, 0.3) is 11.4 Å². The van der Waals surface area contributed by atoms with E-state index in [1.807, 2.05) is 31.3 Å². The number of carbonyl (C=O) groups is 1. The number of nitrogens with one attached hydrogen (secondary N) is 2. The van der Waals surface area contributed by atoms with E-state index in [9.17, 15) is 4.79 Å². The summed E-state index contributed by atoms with van der Waals surface area (Å²) in [6, 6.07) is 5.41. The first-order valence-electron chi connectivity index (χ1n) is 8.10. The van der Waals surface area contributed by atoms with Gasteiger partial charge in [-0.15, -0.1) is 0 Å². The lowest BCUT2D eigenvalue weighted by Crippen LogP contribution is -2.32. The number of aromatic amines is 1. The predicted octanol–water partition coefficient (Wildman–Crippen LogP) is 2.53. The Balaban J connectivity index is 1.55. The van der Waals surface area contributed by atoms with Gasteiger partial charge in [0.1, 0.15) is 11.5 Å². The number of hydrogen-bond donors (Lipinski definition) is 2. The van der Waals surface area contributed by atoms with Crippen molar-refractivity contribution in [3.8, 4) is 11.4 Å². The van der Waals surface area contributed by atoms with E-state index in [1.54, 1.807) is 30.5 Å². The number of aryl methyl sites for hydroxylation is 2. The third-order valence-electron chi connectivity index (χ3n) is 3.96. The Morgan fingerprint density at radius 2 is 2.20 bits per heavy atom. The van der Waals surface area contributed by atoms with Gasteiger partial charge >= 0.3 is 6.03 Å². The van der Waals surface area contributed by atoms with Crippen LogP contribution in [0.5, 0.6) is 0 Å². The van der Waals surface area contributed by atoms with Crippen molar-refractivity contribution in [1.82, 2.24) is 29.6 Å². The monoisotopic (exact) mass is 339 g/mol.